The predicted octanol–water partition coefficient (Wildman–Crippen LogP) is 7.98. The van der Waals surface area contributed by atoms with Gasteiger partial charge in [0.25, 0.3) is 0 Å². The molecule has 0 spiro atoms. The van der Waals surface area contributed by atoms with Crippen molar-refractivity contribution in [3.8, 4) is 16.9 Å². The summed E-state index contributed by atoms with van der Waals surface area (Å²) in [7, 11) is 0. The maximum atomic E-state index is 14.7. The molecule has 1 unspecified atom stereocenters. The minimum Gasteiger partial charge on any atom is -0.490 e. The molecule has 1 heterocycles. The van der Waals surface area contributed by atoms with Gasteiger partial charge in [-0.1, -0.05) is 49.1 Å². The zero-order valence-corrected chi connectivity index (χ0v) is 19.2. The second kappa shape index (κ2) is 9.86. The highest BCUT2D eigenvalue weighted by Crippen LogP contribution is 2.40. The molecular formula is C29H26F4O2. The molecule has 2 aliphatic rings. The largest absolute Gasteiger partial charge is 0.490 e. The van der Waals surface area contributed by atoms with Crippen LogP contribution in [-0.4, -0.2) is 13.2 Å². The third-order valence-electron chi connectivity index (χ3n) is 7.09. The van der Waals surface area contributed by atoms with E-state index in [1.54, 1.807) is 42.5 Å². The molecule has 35 heavy (non-hydrogen) atoms. The van der Waals surface area contributed by atoms with Gasteiger partial charge in [-0.05, 0) is 66.3 Å². The third-order valence-corrected chi connectivity index (χ3v) is 7.09. The number of halogens is 4. The Balaban J connectivity index is 1.19. The van der Waals surface area contributed by atoms with Crippen LogP contribution in [0.3, 0.4) is 0 Å². The fourth-order valence-electron chi connectivity index (χ4n) is 4.88. The van der Waals surface area contributed by atoms with E-state index < -0.39 is 23.3 Å². The van der Waals surface area contributed by atoms with E-state index in [4.69, 9.17) is 9.47 Å². The molecule has 0 aromatic heterocycles. The van der Waals surface area contributed by atoms with E-state index in [9.17, 15) is 17.6 Å². The number of ether oxygens (including phenoxy) is 2. The Morgan fingerprint density at radius 2 is 1.46 bits per heavy atom. The molecule has 6 heteroatoms. The van der Waals surface area contributed by atoms with Crippen molar-refractivity contribution in [2.45, 2.75) is 37.7 Å². The van der Waals surface area contributed by atoms with Gasteiger partial charge in [0.1, 0.15) is 6.10 Å². The van der Waals surface area contributed by atoms with Gasteiger partial charge >= 0.3 is 0 Å². The summed E-state index contributed by atoms with van der Waals surface area (Å²) < 4.78 is 69.2. The van der Waals surface area contributed by atoms with Crippen molar-refractivity contribution in [3.05, 3.63) is 95.1 Å². The monoisotopic (exact) mass is 482 g/mol. The van der Waals surface area contributed by atoms with Gasteiger partial charge in [-0.2, -0.15) is 4.39 Å². The van der Waals surface area contributed by atoms with Crippen LogP contribution in [0.2, 0.25) is 0 Å². The number of epoxide rings is 1. The van der Waals surface area contributed by atoms with Gasteiger partial charge in [0.2, 0.25) is 5.82 Å². The highest BCUT2D eigenvalue weighted by atomic mass is 19.2. The zero-order valence-electron chi connectivity index (χ0n) is 19.2. The summed E-state index contributed by atoms with van der Waals surface area (Å²) in [6.07, 6.45) is 4.18. The molecule has 2 fully saturated rings. The maximum absolute atomic E-state index is 14.7. The van der Waals surface area contributed by atoms with Crippen molar-refractivity contribution < 1.29 is 27.0 Å². The standard InChI is InChI=1S/C29H26F4O2/c1-2-17-3-7-19(8-4-17)22-13-14-24(29(33)27(22)31)34-15-18-5-9-20(10-6-18)21-11-12-23(25-16-35-25)28(32)26(21)30/h2-4,7-8,11-14,18,20,25H,1,5-6,9-10,15-16H2. The van der Waals surface area contributed by atoms with Gasteiger partial charge in [0.05, 0.1) is 13.2 Å². The average molecular weight is 483 g/mol. The first-order valence-electron chi connectivity index (χ1n) is 11.9. The van der Waals surface area contributed by atoms with Crippen LogP contribution in [0, 0.1) is 29.2 Å². The van der Waals surface area contributed by atoms with Crippen molar-refractivity contribution >= 4 is 6.08 Å². The van der Waals surface area contributed by atoms with Crippen LogP contribution in [0.1, 0.15) is 54.4 Å². The first-order chi connectivity index (χ1) is 17.0. The molecule has 1 saturated heterocycles. The van der Waals surface area contributed by atoms with Gasteiger partial charge < -0.3 is 9.47 Å². The van der Waals surface area contributed by atoms with Gasteiger partial charge in [0, 0.05) is 11.1 Å². The van der Waals surface area contributed by atoms with Gasteiger partial charge in [-0.3, -0.25) is 0 Å². The highest BCUT2D eigenvalue weighted by molar-refractivity contribution is 5.67. The van der Waals surface area contributed by atoms with E-state index in [-0.39, 0.29) is 41.4 Å². The summed E-state index contributed by atoms with van der Waals surface area (Å²) in [6, 6.07) is 13.3. The molecule has 0 N–H and O–H groups in total. The fourth-order valence-corrected chi connectivity index (χ4v) is 4.88. The molecule has 0 amide bonds. The van der Waals surface area contributed by atoms with E-state index in [0.29, 0.717) is 30.6 Å². The number of hydrogen-bond acceptors (Lipinski definition) is 2. The summed E-state index contributed by atoms with van der Waals surface area (Å²) in [5.74, 6) is -3.62. The maximum Gasteiger partial charge on any atom is 0.201 e. The molecule has 0 bridgehead atoms. The minimum atomic E-state index is -1.01. The Morgan fingerprint density at radius 3 is 2.11 bits per heavy atom. The Morgan fingerprint density at radius 1 is 0.800 bits per heavy atom. The van der Waals surface area contributed by atoms with Crippen LogP contribution < -0.4 is 4.74 Å². The minimum absolute atomic E-state index is 0.0733. The topological polar surface area (TPSA) is 21.8 Å². The molecule has 3 aromatic carbocycles. The molecular weight excluding hydrogens is 456 g/mol. The molecule has 0 radical (unpaired) electrons. The van der Waals surface area contributed by atoms with Crippen molar-refractivity contribution in [2.24, 2.45) is 5.92 Å². The molecule has 1 aliphatic carbocycles. The highest BCUT2D eigenvalue weighted by Gasteiger charge is 2.32. The molecule has 5 rings (SSSR count). The smallest absolute Gasteiger partial charge is 0.201 e. The zero-order chi connectivity index (χ0) is 24.5. The van der Waals surface area contributed by atoms with E-state index in [1.807, 2.05) is 0 Å². The van der Waals surface area contributed by atoms with E-state index >= 15 is 0 Å². The van der Waals surface area contributed by atoms with Crippen LogP contribution >= 0.6 is 0 Å². The SMILES string of the molecule is C=Cc1ccc(-c2ccc(OCC3CCC(c4ccc(C5CO5)c(F)c4F)CC3)c(F)c2F)cc1. The lowest BCUT2D eigenvalue weighted by molar-refractivity contribution is 0.192. The number of benzene rings is 3. The van der Waals surface area contributed by atoms with E-state index in [0.717, 1.165) is 18.4 Å². The summed E-state index contributed by atoms with van der Waals surface area (Å²) >= 11 is 0. The quantitative estimate of drug-likeness (QED) is 0.252. The van der Waals surface area contributed by atoms with Crippen LogP contribution in [-0.2, 0) is 4.74 Å². The molecule has 1 saturated carbocycles. The van der Waals surface area contributed by atoms with Crippen molar-refractivity contribution in [1.82, 2.24) is 0 Å². The van der Waals surface area contributed by atoms with Crippen molar-refractivity contribution in [3.63, 3.8) is 0 Å². The number of hydrogen-bond donors (Lipinski definition) is 0. The summed E-state index contributed by atoms with van der Waals surface area (Å²) in [4.78, 5) is 0. The number of rotatable bonds is 7. The molecule has 182 valence electrons. The first kappa shape index (κ1) is 23.6. The predicted molar refractivity (Wildman–Crippen MR) is 127 cm³/mol. The summed E-state index contributed by atoms with van der Waals surface area (Å²) in [6.45, 7) is 4.36. The van der Waals surface area contributed by atoms with Crippen LogP contribution in [0.5, 0.6) is 5.75 Å². The van der Waals surface area contributed by atoms with E-state index in [1.165, 1.54) is 12.1 Å². The normalized spacial score (nSPS) is 21.5. The first-order valence-corrected chi connectivity index (χ1v) is 11.9. The van der Waals surface area contributed by atoms with Gasteiger partial charge in [0.15, 0.2) is 23.2 Å². The lowest BCUT2D eigenvalue weighted by atomic mass is 9.78. The van der Waals surface area contributed by atoms with Gasteiger partial charge in [-0.25, -0.2) is 13.2 Å². The Labute approximate surface area is 202 Å². The Hall–Kier alpha value is -3.12. The third kappa shape index (κ3) is 4.85. The lowest BCUT2D eigenvalue weighted by Gasteiger charge is -2.29. The van der Waals surface area contributed by atoms with Crippen molar-refractivity contribution in [2.75, 3.05) is 13.2 Å². The summed E-state index contributed by atoms with van der Waals surface area (Å²) in [5.41, 5.74) is 2.30. The van der Waals surface area contributed by atoms with Crippen molar-refractivity contribution in [1.29, 1.82) is 0 Å². The molecule has 1 atom stereocenters. The fraction of sp³-hybridized carbons (Fsp3) is 0.310. The second-order valence-electron chi connectivity index (χ2n) is 9.29. The van der Waals surface area contributed by atoms with E-state index in [2.05, 4.69) is 6.58 Å². The lowest BCUT2D eigenvalue weighted by Crippen LogP contribution is -2.20. The molecule has 2 nitrogen and oxygen atoms in total. The van der Waals surface area contributed by atoms with Crippen LogP contribution in [0.15, 0.2) is 55.1 Å². The van der Waals surface area contributed by atoms with Crippen LogP contribution in [0.4, 0.5) is 17.6 Å². The Bertz CT molecular complexity index is 1230. The molecule has 1 aliphatic heterocycles. The Kier molecular flexibility index (Phi) is 6.65. The van der Waals surface area contributed by atoms with Gasteiger partial charge in [-0.15, -0.1) is 0 Å². The summed E-state index contributed by atoms with van der Waals surface area (Å²) in [5, 5.41) is 0. The van der Waals surface area contributed by atoms with Crippen LogP contribution in [0.25, 0.3) is 17.2 Å². The average Bonchev–Trinajstić information content (AvgIpc) is 3.72. The molecule has 3 aromatic rings. The second-order valence-corrected chi connectivity index (χ2v) is 9.29.